The lowest BCUT2D eigenvalue weighted by Crippen LogP contribution is -2.43. The number of thiazole rings is 1. The second kappa shape index (κ2) is 10.5. The Morgan fingerprint density at radius 3 is 2.68 bits per heavy atom. The maximum Gasteiger partial charge on any atom is 0.243 e. The average molecular weight is 537 g/mol. The summed E-state index contributed by atoms with van der Waals surface area (Å²) in [6.45, 7) is 0.510. The van der Waals surface area contributed by atoms with Crippen LogP contribution in [0.2, 0.25) is 0 Å². The molecule has 1 fully saturated rings. The first-order valence-electron chi connectivity index (χ1n) is 12.0. The van der Waals surface area contributed by atoms with Gasteiger partial charge in [0.15, 0.2) is 5.13 Å². The van der Waals surface area contributed by atoms with Gasteiger partial charge < -0.3 is 15.4 Å². The molecule has 2 heterocycles. The largest absolute Gasteiger partial charge is 0.495 e. The van der Waals surface area contributed by atoms with Gasteiger partial charge in [-0.1, -0.05) is 30.3 Å². The highest BCUT2D eigenvalue weighted by Crippen LogP contribution is 2.33. The fourth-order valence-corrected chi connectivity index (χ4v) is 6.81. The van der Waals surface area contributed by atoms with Crippen molar-refractivity contribution in [2.24, 2.45) is 5.92 Å². The first-order chi connectivity index (χ1) is 17.9. The molecule has 0 radical (unpaired) electrons. The molecule has 2 N–H and O–H groups in total. The van der Waals surface area contributed by atoms with Crippen molar-refractivity contribution in [2.75, 3.05) is 37.9 Å². The molecule has 0 bridgehead atoms. The lowest BCUT2D eigenvalue weighted by Gasteiger charge is -2.31. The van der Waals surface area contributed by atoms with Crippen LogP contribution in [0, 0.1) is 5.92 Å². The predicted molar refractivity (Wildman–Crippen MR) is 148 cm³/mol. The molecule has 8 nitrogen and oxygen atoms in total. The van der Waals surface area contributed by atoms with Gasteiger partial charge in [-0.25, -0.2) is 13.4 Å². The van der Waals surface area contributed by atoms with Gasteiger partial charge in [0.25, 0.3) is 0 Å². The Morgan fingerprint density at radius 2 is 1.92 bits per heavy atom. The molecular formula is C27H28N4O4S2. The molecule has 37 heavy (non-hydrogen) atoms. The third kappa shape index (κ3) is 5.18. The first kappa shape index (κ1) is 25.2. The monoisotopic (exact) mass is 536 g/mol. The molecule has 1 saturated heterocycles. The van der Waals surface area contributed by atoms with E-state index in [0.717, 1.165) is 27.2 Å². The summed E-state index contributed by atoms with van der Waals surface area (Å²) < 4.78 is 33.8. The van der Waals surface area contributed by atoms with E-state index in [0.29, 0.717) is 30.8 Å². The molecule has 10 heteroatoms. The zero-order chi connectivity index (χ0) is 26.0. The van der Waals surface area contributed by atoms with Crippen molar-refractivity contribution in [3.05, 3.63) is 66.0 Å². The molecular weight excluding hydrogens is 508 g/mol. The molecule has 1 aliphatic heterocycles. The number of amides is 1. The molecule has 0 spiro atoms. The second-order valence-corrected chi connectivity index (χ2v) is 11.7. The number of ether oxygens (including phenoxy) is 1. The average Bonchev–Trinajstić information content (AvgIpc) is 3.42. The first-order valence-corrected chi connectivity index (χ1v) is 14.3. The number of hydrogen-bond acceptors (Lipinski definition) is 7. The Hall–Kier alpha value is -3.47. The summed E-state index contributed by atoms with van der Waals surface area (Å²) in [7, 11) is -0.371. The van der Waals surface area contributed by atoms with Crippen LogP contribution in [-0.4, -0.2) is 50.9 Å². The number of anilines is 2. The number of benzene rings is 3. The van der Waals surface area contributed by atoms with Crippen LogP contribution in [0.15, 0.2) is 70.9 Å². The molecule has 1 aromatic heterocycles. The lowest BCUT2D eigenvalue weighted by atomic mass is 9.98. The minimum atomic E-state index is -3.73. The highest BCUT2D eigenvalue weighted by molar-refractivity contribution is 7.89. The van der Waals surface area contributed by atoms with E-state index in [1.54, 1.807) is 25.3 Å². The van der Waals surface area contributed by atoms with E-state index >= 15 is 0 Å². The normalized spacial score (nSPS) is 16.4. The van der Waals surface area contributed by atoms with Gasteiger partial charge in [0.2, 0.25) is 15.9 Å². The van der Waals surface area contributed by atoms with E-state index in [9.17, 15) is 13.2 Å². The summed E-state index contributed by atoms with van der Waals surface area (Å²) in [6.07, 6.45) is 1.21. The van der Waals surface area contributed by atoms with E-state index in [2.05, 4.69) is 15.6 Å². The maximum atomic E-state index is 13.4. The Kier molecular flexibility index (Phi) is 7.14. The predicted octanol–water partition coefficient (Wildman–Crippen LogP) is 5.05. The van der Waals surface area contributed by atoms with E-state index in [-0.39, 0.29) is 17.3 Å². The molecule has 4 aromatic rings. The summed E-state index contributed by atoms with van der Waals surface area (Å²) in [5.41, 5.74) is 2.16. The van der Waals surface area contributed by atoms with Crippen LogP contribution in [0.4, 0.5) is 10.8 Å². The summed E-state index contributed by atoms with van der Waals surface area (Å²) in [4.78, 5) is 18.1. The van der Waals surface area contributed by atoms with Gasteiger partial charge >= 0.3 is 0 Å². The van der Waals surface area contributed by atoms with Gasteiger partial charge in [0, 0.05) is 31.1 Å². The summed E-state index contributed by atoms with van der Waals surface area (Å²) in [6, 6.07) is 18.3. The third-order valence-corrected chi connectivity index (χ3v) is 9.31. The number of nitrogens with one attached hydrogen (secondary N) is 2. The van der Waals surface area contributed by atoms with Crippen molar-refractivity contribution < 1.29 is 17.9 Å². The Bertz CT molecular complexity index is 1550. The van der Waals surface area contributed by atoms with Crippen molar-refractivity contribution >= 4 is 48.9 Å². The Morgan fingerprint density at radius 1 is 1.11 bits per heavy atom. The van der Waals surface area contributed by atoms with Crippen molar-refractivity contribution in [1.82, 2.24) is 9.29 Å². The number of hydrogen-bond donors (Lipinski definition) is 2. The fraction of sp³-hybridized carbons (Fsp3) is 0.259. The van der Waals surface area contributed by atoms with Crippen LogP contribution >= 0.6 is 11.3 Å². The van der Waals surface area contributed by atoms with E-state index in [4.69, 9.17) is 4.74 Å². The van der Waals surface area contributed by atoms with Gasteiger partial charge in [-0.05, 0) is 53.9 Å². The van der Waals surface area contributed by atoms with Crippen LogP contribution in [0.1, 0.15) is 12.8 Å². The number of carbonyl (C=O) groups is 1. The van der Waals surface area contributed by atoms with Gasteiger partial charge in [-0.15, -0.1) is 11.3 Å². The zero-order valence-electron chi connectivity index (χ0n) is 20.6. The summed E-state index contributed by atoms with van der Waals surface area (Å²) >= 11 is 1.49. The minimum Gasteiger partial charge on any atom is -0.495 e. The van der Waals surface area contributed by atoms with Crippen LogP contribution in [-0.2, 0) is 14.8 Å². The van der Waals surface area contributed by atoms with Gasteiger partial charge in [-0.2, -0.15) is 4.31 Å². The molecule has 1 aliphatic rings. The summed E-state index contributed by atoms with van der Waals surface area (Å²) in [5.74, 6) is -0.187. The molecule has 1 atom stereocenters. The summed E-state index contributed by atoms with van der Waals surface area (Å²) in [5, 5.41) is 10.6. The molecule has 1 amide bonds. The Balaban J connectivity index is 1.34. The second-order valence-electron chi connectivity index (χ2n) is 8.90. The molecule has 3 aromatic carbocycles. The molecule has 0 unspecified atom stereocenters. The number of methoxy groups -OCH3 is 1. The number of piperidine rings is 1. The third-order valence-electron chi connectivity index (χ3n) is 6.58. The Labute approximate surface area is 220 Å². The van der Waals surface area contributed by atoms with Crippen molar-refractivity contribution in [2.45, 2.75) is 17.7 Å². The quantitative estimate of drug-likeness (QED) is 0.343. The number of nitrogens with zero attached hydrogens (tertiary/aromatic N) is 2. The van der Waals surface area contributed by atoms with Crippen molar-refractivity contribution in [3.63, 3.8) is 0 Å². The van der Waals surface area contributed by atoms with Crippen LogP contribution in [0.3, 0.4) is 0 Å². The zero-order valence-corrected chi connectivity index (χ0v) is 22.2. The number of carbonyl (C=O) groups excluding carboxylic acids is 1. The topological polar surface area (TPSA) is 101 Å². The van der Waals surface area contributed by atoms with Gasteiger partial charge in [0.1, 0.15) is 5.75 Å². The number of aromatic nitrogens is 1. The van der Waals surface area contributed by atoms with E-state index in [1.165, 1.54) is 15.6 Å². The molecule has 0 saturated carbocycles. The van der Waals surface area contributed by atoms with Crippen molar-refractivity contribution in [1.29, 1.82) is 0 Å². The smallest absolute Gasteiger partial charge is 0.243 e. The highest BCUT2D eigenvalue weighted by Gasteiger charge is 2.33. The SMILES string of the molecule is CNc1nc(-c2ccc(OC)c(NC(=O)[C@H]3CCCN(S(=O)(=O)c4ccc5ccccc5c4)C3)c2)cs1. The van der Waals surface area contributed by atoms with E-state index < -0.39 is 15.9 Å². The molecule has 192 valence electrons. The van der Waals surface area contributed by atoms with E-state index in [1.807, 2.05) is 54.9 Å². The van der Waals surface area contributed by atoms with Gasteiger partial charge in [-0.3, -0.25) is 4.79 Å². The van der Waals surface area contributed by atoms with Crippen LogP contribution in [0.25, 0.3) is 22.0 Å². The fourth-order valence-electron chi connectivity index (χ4n) is 4.57. The maximum absolute atomic E-state index is 13.4. The van der Waals surface area contributed by atoms with Crippen LogP contribution in [0.5, 0.6) is 5.75 Å². The van der Waals surface area contributed by atoms with Gasteiger partial charge in [0.05, 0.1) is 29.3 Å². The number of rotatable bonds is 7. The molecule has 5 rings (SSSR count). The number of fused-ring (bicyclic) bond motifs is 1. The van der Waals surface area contributed by atoms with Crippen LogP contribution < -0.4 is 15.4 Å². The standard InChI is InChI=1S/C27H28N4O4S2/c1-28-27-30-24(17-36-27)20-10-12-25(35-2)23(15-20)29-26(32)21-8-5-13-31(16-21)37(33,34)22-11-9-18-6-3-4-7-19(18)14-22/h3-4,6-7,9-12,14-15,17,21H,5,8,13,16H2,1-2H3,(H,28,30)(H,29,32)/t21-/m0/s1. The minimum absolute atomic E-state index is 0.126. The number of sulfonamides is 1. The van der Waals surface area contributed by atoms with Crippen molar-refractivity contribution in [3.8, 4) is 17.0 Å². The highest BCUT2D eigenvalue weighted by atomic mass is 32.2. The molecule has 0 aliphatic carbocycles. The lowest BCUT2D eigenvalue weighted by molar-refractivity contribution is -0.120.